The van der Waals surface area contributed by atoms with Gasteiger partial charge in [0.25, 0.3) is 0 Å². The molecule has 0 spiro atoms. The van der Waals surface area contributed by atoms with E-state index in [4.69, 9.17) is 9.47 Å². The van der Waals surface area contributed by atoms with Crippen molar-refractivity contribution in [2.75, 3.05) is 0 Å². The largest absolute Gasteiger partial charge is 0.482 e. The van der Waals surface area contributed by atoms with E-state index in [1.54, 1.807) is 0 Å². The number of hydrogen-bond acceptors (Lipinski definition) is 3. The van der Waals surface area contributed by atoms with E-state index in [0.29, 0.717) is 17.8 Å². The highest BCUT2D eigenvalue weighted by molar-refractivity contribution is 5.90. The molecule has 0 atom stereocenters. The van der Waals surface area contributed by atoms with Gasteiger partial charge < -0.3 is 9.47 Å². The summed E-state index contributed by atoms with van der Waals surface area (Å²) in [6, 6.07) is 20.1. The van der Waals surface area contributed by atoms with E-state index in [0.717, 1.165) is 11.1 Å². The molecule has 0 bridgehead atoms. The number of carbonyl (C=O) groups is 1. The van der Waals surface area contributed by atoms with Crippen LogP contribution in [-0.4, -0.2) is 12.1 Å². The van der Waals surface area contributed by atoms with E-state index < -0.39 is 5.60 Å². The molecule has 0 radical (unpaired) electrons. The second kappa shape index (κ2) is 6.52. The summed E-state index contributed by atoms with van der Waals surface area (Å²) in [6.45, 7) is 5.54. The fourth-order valence-corrected chi connectivity index (χ4v) is 3.14. The highest BCUT2D eigenvalue weighted by Gasteiger charge is 2.45. The zero-order valence-electron chi connectivity index (χ0n) is 14.3. The fraction of sp³-hybridized carbons (Fsp3) is 0.286. The Bertz CT molecular complexity index is 706. The smallest absolute Gasteiger partial charge is 0.337 e. The van der Waals surface area contributed by atoms with Crippen molar-refractivity contribution in [2.24, 2.45) is 0 Å². The van der Waals surface area contributed by atoms with Gasteiger partial charge in [-0.15, -0.1) is 0 Å². The minimum Gasteiger partial charge on any atom is -0.482 e. The molecule has 1 heterocycles. The standard InChI is InChI=1S/C21H22O3/c1-15(2)23-20(22)19-14-21(24-16(19)3,17-10-6-4-7-11-17)18-12-8-5-9-13-18/h4-13,15H,14H2,1-3H3. The third-order valence-electron chi connectivity index (χ3n) is 4.25. The fourth-order valence-electron chi connectivity index (χ4n) is 3.14. The second-order valence-corrected chi connectivity index (χ2v) is 6.33. The van der Waals surface area contributed by atoms with Crippen LogP contribution in [0.1, 0.15) is 38.3 Å². The number of rotatable bonds is 4. The number of allylic oxidation sites excluding steroid dienone is 1. The average molecular weight is 322 g/mol. The maximum Gasteiger partial charge on any atom is 0.337 e. The van der Waals surface area contributed by atoms with Gasteiger partial charge in [0.15, 0.2) is 5.60 Å². The Kier molecular flexibility index (Phi) is 4.43. The SMILES string of the molecule is CC1=C(C(=O)OC(C)C)CC(c2ccccc2)(c2ccccc2)O1. The average Bonchev–Trinajstić information content (AvgIpc) is 2.95. The number of esters is 1. The lowest BCUT2D eigenvalue weighted by Crippen LogP contribution is -2.28. The van der Waals surface area contributed by atoms with Crippen LogP contribution in [0, 0.1) is 0 Å². The first-order valence-corrected chi connectivity index (χ1v) is 8.24. The molecule has 0 saturated carbocycles. The van der Waals surface area contributed by atoms with Crippen molar-refractivity contribution in [3.8, 4) is 0 Å². The first-order chi connectivity index (χ1) is 11.5. The van der Waals surface area contributed by atoms with Crippen molar-refractivity contribution in [2.45, 2.75) is 38.9 Å². The molecule has 2 aromatic carbocycles. The van der Waals surface area contributed by atoms with Crippen LogP contribution in [0.3, 0.4) is 0 Å². The summed E-state index contributed by atoms with van der Waals surface area (Å²) in [6.07, 6.45) is 0.319. The molecule has 0 unspecified atom stereocenters. The molecule has 0 N–H and O–H groups in total. The molecule has 3 nitrogen and oxygen atoms in total. The van der Waals surface area contributed by atoms with Gasteiger partial charge in [-0.05, 0) is 20.8 Å². The second-order valence-electron chi connectivity index (χ2n) is 6.33. The quantitative estimate of drug-likeness (QED) is 0.773. The summed E-state index contributed by atoms with van der Waals surface area (Å²) in [5.74, 6) is 0.338. The van der Waals surface area contributed by atoms with Gasteiger partial charge >= 0.3 is 5.97 Å². The maximum atomic E-state index is 12.5. The Morgan fingerprint density at radius 2 is 1.50 bits per heavy atom. The number of benzene rings is 2. The van der Waals surface area contributed by atoms with Crippen molar-refractivity contribution in [3.05, 3.63) is 83.1 Å². The van der Waals surface area contributed by atoms with Crippen molar-refractivity contribution >= 4 is 5.97 Å². The topological polar surface area (TPSA) is 35.5 Å². The number of hydrogen-bond donors (Lipinski definition) is 0. The maximum absolute atomic E-state index is 12.5. The molecule has 24 heavy (non-hydrogen) atoms. The zero-order valence-corrected chi connectivity index (χ0v) is 14.3. The molecule has 1 aliphatic rings. The van der Waals surface area contributed by atoms with E-state index in [1.807, 2.05) is 81.4 Å². The van der Waals surface area contributed by atoms with Gasteiger partial charge in [0.1, 0.15) is 5.76 Å². The highest BCUT2D eigenvalue weighted by atomic mass is 16.5. The lowest BCUT2D eigenvalue weighted by molar-refractivity contribution is -0.142. The summed E-state index contributed by atoms with van der Waals surface area (Å²) < 4.78 is 11.7. The molecule has 0 saturated heterocycles. The Morgan fingerprint density at radius 3 is 1.96 bits per heavy atom. The Labute approximate surface area is 142 Å². The van der Waals surface area contributed by atoms with Crippen molar-refractivity contribution in [1.29, 1.82) is 0 Å². The van der Waals surface area contributed by atoms with Crippen LogP contribution >= 0.6 is 0 Å². The van der Waals surface area contributed by atoms with Gasteiger partial charge in [-0.3, -0.25) is 0 Å². The molecule has 0 aliphatic carbocycles. The highest BCUT2D eigenvalue weighted by Crippen LogP contribution is 2.46. The lowest BCUT2D eigenvalue weighted by Gasteiger charge is -2.31. The van der Waals surface area contributed by atoms with Gasteiger partial charge in [0.05, 0.1) is 11.7 Å². The molecular weight excluding hydrogens is 300 g/mol. The van der Waals surface area contributed by atoms with E-state index in [1.165, 1.54) is 0 Å². The number of ether oxygens (including phenoxy) is 2. The monoisotopic (exact) mass is 322 g/mol. The van der Waals surface area contributed by atoms with Crippen LogP contribution in [0.4, 0.5) is 0 Å². The predicted octanol–water partition coefficient (Wildman–Crippen LogP) is 4.58. The number of carbonyl (C=O) groups excluding carboxylic acids is 1. The van der Waals surface area contributed by atoms with Crippen molar-refractivity contribution < 1.29 is 14.3 Å². The lowest BCUT2D eigenvalue weighted by atomic mass is 9.82. The van der Waals surface area contributed by atoms with Crippen LogP contribution in [0.2, 0.25) is 0 Å². The van der Waals surface area contributed by atoms with Gasteiger partial charge in [-0.25, -0.2) is 4.79 Å². The summed E-state index contributed by atoms with van der Waals surface area (Å²) in [4.78, 5) is 12.5. The van der Waals surface area contributed by atoms with Gasteiger partial charge in [-0.2, -0.15) is 0 Å². The summed E-state index contributed by atoms with van der Waals surface area (Å²) >= 11 is 0. The molecular formula is C21H22O3. The van der Waals surface area contributed by atoms with Gasteiger partial charge in [0.2, 0.25) is 0 Å². The minimum absolute atomic E-state index is 0.152. The molecule has 0 aromatic heterocycles. The molecule has 3 heteroatoms. The molecule has 124 valence electrons. The van der Waals surface area contributed by atoms with Crippen LogP contribution < -0.4 is 0 Å². The molecule has 0 amide bonds. The first kappa shape index (κ1) is 16.3. The van der Waals surface area contributed by atoms with E-state index in [2.05, 4.69) is 0 Å². The van der Waals surface area contributed by atoms with Crippen LogP contribution in [0.25, 0.3) is 0 Å². The van der Waals surface area contributed by atoms with Gasteiger partial charge in [-0.1, -0.05) is 60.7 Å². The van der Waals surface area contributed by atoms with Crippen LogP contribution in [0.5, 0.6) is 0 Å². The Morgan fingerprint density at radius 1 is 1.00 bits per heavy atom. The Balaban J connectivity index is 2.03. The predicted molar refractivity (Wildman–Crippen MR) is 93.3 cm³/mol. The molecule has 0 fully saturated rings. The molecule has 1 aliphatic heterocycles. The van der Waals surface area contributed by atoms with E-state index in [-0.39, 0.29) is 12.1 Å². The van der Waals surface area contributed by atoms with Gasteiger partial charge in [0, 0.05) is 17.5 Å². The van der Waals surface area contributed by atoms with E-state index >= 15 is 0 Å². The van der Waals surface area contributed by atoms with E-state index in [9.17, 15) is 4.79 Å². The Hall–Kier alpha value is -2.55. The summed E-state index contributed by atoms with van der Waals surface area (Å²) in [7, 11) is 0. The summed E-state index contributed by atoms with van der Waals surface area (Å²) in [5, 5.41) is 0. The van der Waals surface area contributed by atoms with Crippen LogP contribution in [0.15, 0.2) is 72.0 Å². The third-order valence-corrected chi connectivity index (χ3v) is 4.25. The van der Waals surface area contributed by atoms with Crippen LogP contribution in [-0.2, 0) is 19.9 Å². The summed E-state index contributed by atoms with van der Waals surface area (Å²) in [5.41, 5.74) is 1.99. The van der Waals surface area contributed by atoms with Crippen molar-refractivity contribution in [3.63, 3.8) is 0 Å². The normalized spacial score (nSPS) is 16.2. The third kappa shape index (κ3) is 2.94. The molecule has 2 aromatic rings. The first-order valence-electron chi connectivity index (χ1n) is 8.24. The minimum atomic E-state index is -0.683. The van der Waals surface area contributed by atoms with Crippen molar-refractivity contribution in [1.82, 2.24) is 0 Å². The molecule has 3 rings (SSSR count). The zero-order chi connectivity index (χ0) is 17.2.